The summed E-state index contributed by atoms with van der Waals surface area (Å²) in [5.41, 5.74) is 2.15. The maximum Gasteiger partial charge on any atom is 0.328 e. The highest BCUT2D eigenvalue weighted by molar-refractivity contribution is 5.85. The summed E-state index contributed by atoms with van der Waals surface area (Å²) < 4.78 is 10.6. The van der Waals surface area contributed by atoms with Gasteiger partial charge in [-0.25, -0.2) is 4.79 Å². The number of carbonyl (C=O) groups excluding carboxylic acids is 2. The average molecular weight is 369 g/mol. The van der Waals surface area contributed by atoms with Crippen molar-refractivity contribution in [2.24, 2.45) is 0 Å². The number of amides is 1. The first kappa shape index (κ1) is 20.5. The first-order valence-corrected chi connectivity index (χ1v) is 9.22. The highest BCUT2D eigenvalue weighted by Gasteiger charge is 2.22. The van der Waals surface area contributed by atoms with Gasteiger partial charge in [0.15, 0.2) is 6.61 Å². The van der Waals surface area contributed by atoms with E-state index in [1.807, 2.05) is 54.6 Å². The van der Waals surface area contributed by atoms with E-state index in [-0.39, 0.29) is 19.1 Å². The van der Waals surface area contributed by atoms with E-state index in [1.54, 1.807) is 6.92 Å². The number of esters is 1. The van der Waals surface area contributed by atoms with E-state index in [9.17, 15) is 9.59 Å². The SMILES string of the molecule is CCOC(=O)C(Cc1ccccc1)NC(=O)COc1ccc(C(C)C)cc1. The van der Waals surface area contributed by atoms with E-state index in [4.69, 9.17) is 9.47 Å². The third kappa shape index (κ3) is 6.77. The molecule has 2 rings (SSSR count). The second-order valence-corrected chi connectivity index (χ2v) is 6.57. The third-order valence-corrected chi connectivity index (χ3v) is 4.11. The molecule has 5 nitrogen and oxygen atoms in total. The lowest BCUT2D eigenvalue weighted by atomic mass is 10.0. The fourth-order valence-electron chi connectivity index (χ4n) is 2.62. The average Bonchev–Trinajstić information content (AvgIpc) is 2.67. The van der Waals surface area contributed by atoms with Crippen molar-refractivity contribution < 1.29 is 19.1 Å². The molecule has 0 aromatic heterocycles. The van der Waals surface area contributed by atoms with Crippen molar-refractivity contribution in [3.8, 4) is 5.75 Å². The van der Waals surface area contributed by atoms with Gasteiger partial charge < -0.3 is 14.8 Å². The Morgan fingerprint density at radius 2 is 1.67 bits per heavy atom. The predicted molar refractivity (Wildman–Crippen MR) is 105 cm³/mol. The smallest absolute Gasteiger partial charge is 0.328 e. The normalized spacial score (nSPS) is 11.7. The number of rotatable bonds is 9. The highest BCUT2D eigenvalue weighted by atomic mass is 16.5. The lowest BCUT2D eigenvalue weighted by Gasteiger charge is -2.17. The van der Waals surface area contributed by atoms with Crippen LogP contribution in [-0.2, 0) is 20.7 Å². The van der Waals surface area contributed by atoms with Gasteiger partial charge >= 0.3 is 5.97 Å². The van der Waals surface area contributed by atoms with Crippen LogP contribution in [0.2, 0.25) is 0 Å². The number of ether oxygens (including phenoxy) is 2. The van der Waals surface area contributed by atoms with Gasteiger partial charge in [-0.15, -0.1) is 0 Å². The first-order valence-electron chi connectivity index (χ1n) is 9.22. The van der Waals surface area contributed by atoms with Gasteiger partial charge in [-0.2, -0.15) is 0 Å². The molecule has 0 fully saturated rings. The molecule has 5 heteroatoms. The maximum atomic E-state index is 12.3. The molecular formula is C22H27NO4. The van der Waals surface area contributed by atoms with Crippen LogP contribution in [-0.4, -0.2) is 31.1 Å². The van der Waals surface area contributed by atoms with E-state index in [2.05, 4.69) is 19.2 Å². The zero-order chi connectivity index (χ0) is 19.6. The van der Waals surface area contributed by atoms with Gasteiger partial charge in [-0.05, 0) is 36.1 Å². The molecule has 1 atom stereocenters. The Morgan fingerprint density at radius 1 is 1.00 bits per heavy atom. The standard InChI is InChI=1S/C22H27NO4/c1-4-26-22(25)20(14-17-8-6-5-7-9-17)23-21(24)15-27-19-12-10-18(11-13-19)16(2)3/h5-13,16,20H,4,14-15H2,1-3H3,(H,23,24). The summed E-state index contributed by atoms with van der Waals surface area (Å²) in [4.78, 5) is 24.4. The molecule has 0 bridgehead atoms. The van der Waals surface area contributed by atoms with Crippen LogP contribution in [0.3, 0.4) is 0 Å². The van der Waals surface area contributed by atoms with E-state index in [0.29, 0.717) is 18.1 Å². The lowest BCUT2D eigenvalue weighted by Crippen LogP contribution is -2.45. The number of hydrogen-bond donors (Lipinski definition) is 1. The summed E-state index contributed by atoms with van der Waals surface area (Å²) in [6.07, 6.45) is 0.370. The number of carbonyl (C=O) groups is 2. The van der Waals surface area contributed by atoms with Crippen LogP contribution in [0, 0.1) is 0 Å². The Balaban J connectivity index is 1.93. The molecule has 1 N–H and O–H groups in total. The van der Waals surface area contributed by atoms with Crippen molar-refractivity contribution in [3.05, 3.63) is 65.7 Å². The summed E-state index contributed by atoms with van der Waals surface area (Å²) in [5, 5.41) is 2.71. The topological polar surface area (TPSA) is 64.6 Å². The molecular weight excluding hydrogens is 342 g/mol. The minimum Gasteiger partial charge on any atom is -0.484 e. The molecule has 0 aliphatic carbocycles. The van der Waals surface area contributed by atoms with Gasteiger partial charge in [-0.1, -0.05) is 56.3 Å². The molecule has 0 aliphatic rings. The van der Waals surface area contributed by atoms with Crippen molar-refractivity contribution in [2.75, 3.05) is 13.2 Å². The van der Waals surface area contributed by atoms with Crippen LogP contribution in [0.15, 0.2) is 54.6 Å². The monoisotopic (exact) mass is 369 g/mol. The summed E-state index contributed by atoms with van der Waals surface area (Å²) in [6, 6.07) is 16.4. The molecule has 144 valence electrons. The largest absolute Gasteiger partial charge is 0.484 e. The van der Waals surface area contributed by atoms with Crippen molar-refractivity contribution in [2.45, 2.75) is 39.2 Å². The molecule has 0 heterocycles. The Bertz CT molecular complexity index is 726. The quantitative estimate of drug-likeness (QED) is 0.688. The third-order valence-electron chi connectivity index (χ3n) is 4.11. The first-order chi connectivity index (χ1) is 13.0. The van der Waals surface area contributed by atoms with E-state index in [0.717, 1.165) is 5.56 Å². The van der Waals surface area contributed by atoms with E-state index in [1.165, 1.54) is 5.56 Å². The minimum absolute atomic E-state index is 0.161. The predicted octanol–water partition coefficient (Wildman–Crippen LogP) is 3.48. The van der Waals surface area contributed by atoms with Crippen molar-refractivity contribution >= 4 is 11.9 Å². The lowest BCUT2D eigenvalue weighted by molar-refractivity contribution is -0.147. The van der Waals surface area contributed by atoms with Gasteiger partial charge in [0.2, 0.25) is 0 Å². The molecule has 0 spiro atoms. The maximum absolute atomic E-state index is 12.3. The fraction of sp³-hybridized carbons (Fsp3) is 0.364. The fourth-order valence-corrected chi connectivity index (χ4v) is 2.62. The van der Waals surface area contributed by atoms with E-state index < -0.39 is 12.0 Å². The zero-order valence-electron chi connectivity index (χ0n) is 16.1. The molecule has 0 saturated heterocycles. The summed E-state index contributed by atoms with van der Waals surface area (Å²) in [6.45, 7) is 6.07. The van der Waals surface area contributed by atoms with Crippen LogP contribution < -0.4 is 10.1 Å². The van der Waals surface area contributed by atoms with E-state index >= 15 is 0 Å². The molecule has 1 unspecified atom stereocenters. The van der Waals surface area contributed by atoms with Crippen molar-refractivity contribution in [1.29, 1.82) is 0 Å². The number of benzene rings is 2. The summed E-state index contributed by atoms with van der Waals surface area (Å²) in [7, 11) is 0. The van der Waals surface area contributed by atoms with Crippen LogP contribution >= 0.6 is 0 Å². The van der Waals surface area contributed by atoms with Crippen molar-refractivity contribution in [3.63, 3.8) is 0 Å². The number of hydrogen-bond acceptors (Lipinski definition) is 4. The number of nitrogens with one attached hydrogen (secondary N) is 1. The minimum atomic E-state index is -0.744. The second kappa shape index (κ2) is 10.4. The van der Waals surface area contributed by atoms with Gasteiger partial charge in [-0.3, -0.25) is 4.79 Å². The summed E-state index contributed by atoms with van der Waals surface area (Å²) in [5.74, 6) is 0.240. The molecule has 1 amide bonds. The zero-order valence-corrected chi connectivity index (χ0v) is 16.1. The Morgan fingerprint density at radius 3 is 2.26 bits per heavy atom. The van der Waals surface area contributed by atoms with Crippen LogP contribution in [0.4, 0.5) is 0 Å². The Labute approximate surface area is 160 Å². The molecule has 0 saturated carbocycles. The van der Waals surface area contributed by atoms with Gasteiger partial charge in [0.05, 0.1) is 6.61 Å². The molecule has 2 aromatic carbocycles. The molecule has 2 aromatic rings. The van der Waals surface area contributed by atoms with Gasteiger partial charge in [0, 0.05) is 6.42 Å². The Hall–Kier alpha value is -2.82. The highest BCUT2D eigenvalue weighted by Crippen LogP contribution is 2.18. The molecule has 0 aliphatic heterocycles. The molecule has 27 heavy (non-hydrogen) atoms. The van der Waals surface area contributed by atoms with Crippen LogP contribution in [0.5, 0.6) is 5.75 Å². The van der Waals surface area contributed by atoms with Crippen LogP contribution in [0.25, 0.3) is 0 Å². The second-order valence-electron chi connectivity index (χ2n) is 6.57. The Kier molecular flexibility index (Phi) is 7.86. The van der Waals surface area contributed by atoms with Gasteiger partial charge in [0.25, 0.3) is 5.91 Å². The van der Waals surface area contributed by atoms with Gasteiger partial charge in [0.1, 0.15) is 11.8 Å². The summed E-state index contributed by atoms with van der Waals surface area (Å²) >= 11 is 0. The van der Waals surface area contributed by atoms with Crippen LogP contribution in [0.1, 0.15) is 37.8 Å². The van der Waals surface area contributed by atoms with Crippen molar-refractivity contribution in [1.82, 2.24) is 5.32 Å². The molecule has 0 radical (unpaired) electrons.